The number of ether oxygens (including phenoxy) is 1. The Morgan fingerprint density at radius 1 is 1.33 bits per heavy atom. The molecule has 1 aromatic heterocycles. The standard InChI is InChI=1S/C18H21N3O2S/c1-17(2,3)23-16(22)21-10-8-18(12-19,9-11-21)15-20-13-6-4-5-7-14(13)24-15/h4-7H,8-11H2,1-3H3. The molecule has 1 aliphatic rings. The molecule has 1 fully saturated rings. The van der Waals surface area contributed by atoms with Crippen molar-refractivity contribution in [3.8, 4) is 6.07 Å². The molecule has 5 nitrogen and oxygen atoms in total. The van der Waals surface area contributed by atoms with Gasteiger partial charge in [-0.1, -0.05) is 12.1 Å². The number of hydrogen-bond acceptors (Lipinski definition) is 5. The van der Waals surface area contributed by atoms with E-state index >= 15 is 0 Å². The van der Waals surface area contributed by atoms with Gasteiger partial charge in [-0.15, -0.1) is 11.3 Å². The minimum Gasteiger partial charge on any atom is -0.444 e. The Labute approximate surface area is 145 Å². The largest absolute Gasteiger partial charge is 0.444 e. The van der Waals surface area contributed by atoms with Crippen molar-refractivity contribution in [3.63, 3.8) is 0 Å². The fourth-order valence-corrected chi connectivity index (χ4v) is 4.01. The molecule has 0 unspecified atom stereocenters. The molecule has 2 heterocycles. The predicted molar refractivity (Wildman–Crippen MR) is 94.0 cm³/mol. The number of nitriles is 1. The highest BCUT2D eigenvalue weighted by Crippen LogP contribution is 2.39. The summed E-state index contributed by atoms with van der Waals surface area (Å²) in [6.07, 6.45) is 0.865. The molecule has 0 N–H and O–H groups in total. The minimum atomic E-state index is -0.609. The highest BCUT2D eigenvalue weighted by molar-refractivity contribution is 7.18. The Balaban J connectivity index is 1.77. The maximum absolute atomic E-state index is 12.2. The molecular weight excluding hydrogens is 322 g/mol. The number of likely N-dealkylation sites (tertiary alicyclic amines) is 1. The number of para-hydroxylation sites is 1. The van der Waals surface area contributed by atoms with Crippen LogP contribution in [0, 0.1) is 11.3 Å². The van der Waals surface area contributed by atoms with E-state index in [0.29, 0.717) is 25.9 Å². The van der Waals surface area contributed by atoms with Crippen LogP contribution in [-0.2, 0) is 10.2 Å². The summed E-state index contributed by atoms with van der Waals surface area (Å²) in [5.41, 5.74) is -0.183. The van der Waals surface area contributed by atoms with Crippen LogP contribution in [0.15, 0.2) is 24.3 Å². The number of hydrogen-bond donors (Lipinski definition) is 0. The average molecular weight is 343 g/mol. The molecule has 126 valence electrons. The number of aromatic nitrogens is 1. The van der Waals surface area contributed by atoms with E-state index in [1.807, 2.05) is 45.0 Å². The Hall–Kier alpha value is -2.13. The molecule has 0 aliphatic carbocycles. The minimum absolute atomic E-state index is 0.307. The number of amides is 1. The van der Waals surface area contributed by atoms with Gasteiger partial charge in [0.15, 0.2) is 0 Å². The fourth-order valence-electron chi connectivity index (χ4n) is 2.85. The van der Waals surface area contributed by atoms with Gasteiger partial charge in [0.05, 0.1) is 16.3 Å². The van der Waals surface area contributed by atoms with E-state index in [1.54, 1.807) is 16.2 Å². The van der Waals surface area contributed by atoms with Crippen LogP contribution in [0.2, 0.25) is 0 Å². The molecule has 3 rings (SSSR count). The van der Waals surface area contributed by atoms with Gasteiger partial charge < -0.3 is 9.64 Å². The molecule has 1 saturated heterocycles. The van der Waals surface area contributed by atoms with Gasteiger partial charge in [-0.3, -0.25) is 0 Å². The number of benzene rings is 1. The monoisotopic (exact) mass is 343 g/mol. The summed E-state index contributed by atoms with van der Waals surface area (Å²) in [6, 6.07) is 10.4. The third-order valence-corrected chi connectivity index (χ3v) is 5.43. The lowest BCUT2D eigenvalue weighted by molar-refractivity contribution is 0.0185. The summed E-state index contributed by atoms with van der Waals surface area (Å²) in [6.45, 7) is 6.59. The first-order chi connectivity index (χ1) is 11.3. The molecule has 0 atom stereocenters. The summed E-state index contributed by atoms with van der Waals surface area (Å²) in [5.74, 6) is 0. The number of carbonyl (C=O) groups excluding carboxylic acids is 1. The van der Waals surface area contributed by atoms with Crippen molar-refractivity contribution >= 4 is 27.6 Å². The third kappa shape index (κ3) is 3.22. The van der Waals surface area contributed by atoms with E-state index in [0.717, 1.165) is 15.2 Å². The number of piperidine rings is 1. The quantitative estimate of drug-likeness (QED) is 0.782. The van der Waals surface area contributed by atoms with Crippen molar-refractivity contribution < 1.29 is 9.53 Å². The molecule has 24 heavy (non-hydrogen) atoms. The Kier molecular flexibility index (Phi) is 4.22. The lowest BCUT2D eigenvalue weighted by Crippen LogP contribution is -2.46. The van der Waals surface area contributed by atoms with Crippen LogP contribution >= 0.6 is 11.3 Å². The second-order valence-corrected chi connectivity index (χ2v) is 8.18. The number of rotatable bonds is 1. The molecule has 1 amide bonds. The van der Waals surface area contributed by atoms with Crippen molar-refractivity contribution in [2.24, 2.45) is 0 Å². The van der Waals surface area contributed by atoms with Crippen LogP contribution in [0.3, 0.4) is 0 Å². The van der Waals surface area contributed by atoms with Crippen LogP contribution in [0.25, 0.3) is 10.2 Å². The summed E-state index contributed by atoms with van der Waals surface area (Å²) >= 11 is 1.58. The predicted octanol–water partition coefficient (Wildman–Crippen LogP) is 4.09. The second kappa shape index (κ2) is 6.06. The summed E-state index contributed by atoms with van der Waals surface area (Å²) in [7, 11) is 0. The molecule has 0 bridgehead atoms. The first-order valence-electron chi connectivity index (χ1n) is 8.08. The molecule has 0 radical (unpaired) electrons. The van der Waals surface area contributed by atoms with Gasteiger partial charge in [-0.05, 0) is 45.7 Å². The van der Waals surface area contributed by atoms with Crippen LogP contribution < -0.4 is 0 Å². The smallest absolute Gasteiger partial charge is 0.410 e. The lowest BCUT2D eigenvalue weighted by Gasteiger charge is -2.36. The van der Waals surface area contributed by atoms with Gasteiger partial charge in [0, 0.05) is 13.1 Å². The van der Waals surface area contributed by atoms with Gasteiger partial charge in [0.1, 0.15) is 16.0 Å². The van der Waals surface area contributed by atoms with Gasteiger partial charge in [-0.25, -0.2) is 9.78 Å². The topological polar surface area (TPSA) is 66.2 Å². The highest BCUT2D eigenvalue weighted by Gasteiger charge is 2.41. The molecular formula is C18H21N3O2S. The third-order valence-electron chi connectivity index (χ3n) is 4.19. The summed E-state index contributed by atoms with van der Waals surface area (Å²) < 4.78 is 6.52. The average Bonchev–Trinajstić information content (AvgIpc) is 2.98. The Morgan fingerprint density at radius 2 is 2.00 bits per heavy atom. The molecule has 0 spiro atoms. The van der Waals surface area contributed by atoms with E-state index in [2.05, 4.69) is 11.1 Å². The zero-order chi connectivity index (χ0) is 17.4. The number of nitrogens with zero attached hydrogens (tertiary/aromatic N) is 3. The second-order valence-electron chi connectivity index (χ2n) is 7.15. The van der Waals surface area contributed by atoms with Crippen molar-refractivity contribution in [1.82, 2.24) is 9.88 Å². The Morgan fingerprint density at radius 3 is 2.58 bits per heavy atom. The first kappa shape index (κ1) is 16.7. The lowest BCUT2D eigenvalue weighted by atomic mass is 9.80. The van der Waals surface area contributed by atoms with E-state index < -0.39 is 11.0 Å². The normalized spacial score (nSPS) is 17.5. The van der Waals surface area contributed by atoms with Gasteiger partial charge >= 0.3 is 6.09 Å². The summed E-state index contributed by atoms with van der Waals surface area (Å²) in [5, 5.41) is 10.7. The van der Waals surface area contributed by atoms with Crippen LogP contribution in [0.5, 0.6) is 0 Å². The van der Waals surface area contributed by atoms with Gasteiger partial charge in [-0.2, -0.15) is 5.26 Å². The van der Waals surface area contributed by atoms with Crippen LogP contribution in [0.4, 0.5) is 4.79 Å². The van der Waals surface area contributed by atoms with E-state index in [1.165, 1.54) is 0 Å². The maximum Gasteiger partial charge on any atom is 0.410 e. The molecule has 0 saturated carbocycles. The number of carbonyl (C=O) groups is 1. The molecule has 6 heteroatoms. The molecule has 1 aromatic carbocycles. The van der Waals surface area contributed by atoms with Crippen molar-refractivity contribution in [2.45, 2.75) is 44.6 Å². The highest BCUT2D eigenvalue weighted by atomic mass is 32.1. The SMILES string of the molecule is CC(C)(C)OC(=O)N1CCC(C#N)(c2nc3ccccc3s2)CC1. The first-order valence-corrected chi connectivity index (χ1v) is 8.90. The fraction of sp³-hybridized carbons (Fsp3) is 0.500. The zero-order valence-corrected chi connectivity index (χ0v) is 15.0. The summed E-state index contributed by atoms with van der Waals surface area (Å²) in [4.78, 5) is 18.6. The molecule has 2 aromatic rings. The maximum atomic E-state index is 12.2. The number of fused-ring (bicyclic) bond motifs is 1. The molecule has 1 aliphatic heterocycles. The van der Waals surface area contributed by atoms with Crippen molar-refractivity contribution in [2.75, 3.05) is 13.1 Å². The zero-order valence-electron chi connectivity index (χ0n) is 14.2. The Bertz CT molecular complexity index is 759. The van der Waals surface area contributed by atoms with Crippen LogP contribution in [-0.4, -0.2) is 34.7 Å². The van der Waals surface area contributed by atoms with E-state index in [9.17, 15) is 10.1 Å². The number of thiazole rings is 1. The van der Waals surface area contributed by atoms with Gasteiger partial charge in [0.25, 0.3) is 0 Å². The van der Waals surface area contributed by atoms with Gasteiger partial charge in [0.2, 0.25) is 0 Å². The van der Waals surface area contributed by atoms with Crippen molar-refractivity contribution in [1.29, 1.82) is 5.26 Å². The van der Waals surface area contributed by atoms with E-state index in [-0.39, 0.29) is 6.09 Å². The van der Waals surface area contributed by atoms with Crippen molar-refractivity contribution in [3.05, 3.63) is 29.3 Å². The van der Waals surface area contributed by atoms with E-state index in [4.69, 9.17) is 4.74 Å². The van der Waals surface area contributed by atoms with Crippen LogP contribution in [0.1, 0.15) is 38.6 Å².